The minimum Gasteiger partial charge on any atom is -0.361 e. The molecule has 2 heterocycles. The molecule has 4 heteroatoms. The van der Waals surface area contributed by atoms with Crippen molar-refractivity contribution in [2.45, 2.75) is 0 Å². The Morgan fingerprint density at radius 3 is 2.42 bits per heavy atom. The summed E-state index contributed by atoms with van der Waals surface area (Å²) in [4.78, 5) is 6.51. The van der Waals surface area contributed by atoms with E-state index in [9.17, 15) is 0 Å². The van der Waals surface area contributed by atoms with Crippen LogP contribution in [-0.2, 0) is 0 Å². The smallest absolute Gasteiger partial charge is 0.137 e. The first kappa shape index (κ1) is 8.52. The fourth-order valence-corrected chi connectivity index (χ4v) is 0.533. The standard InChI is InChI=1S/C4H5N2.C4H4NO/c1-4-2-5-3-6-4;1-4-2-3-5-6-4/h2-3H,1H2,(H,5,6);2-3H,1H2. The lowest BCUT2D eigenvalue weighted by molar-refractivity contribution is 0.407. The van der Waals surface area contributed by atoms with E-state index in [0.29, 0.717) is 5.76 Å². The first-order valence-corrected chi connectivity index (χ1v) is 3.32. The largest absolute Gasteiger partial charge is 0.361 e. The number of rotatable bonds is 0. The normalized spacial score (nSPS) is 8.83. The quantitative estimate of drug-likeness (QED) is 0.639. The first-order chi connectivity index (χ1) is 5.79. The van der Waals surface area contributed by atoms with Crippen LogP contribution in [0.4, 0.5) is 0 Å². The maximum atomic E-state index is 4.47. The predicted molar refractivity (Wildman–Crippen MR) is 44.0 cm³/mol. The minimum atomic E-state index is 0.606. The summed E-state index contributed by atoms with van der Waals surface area (Å²) in [6.07, 6.45) is 4.89. The van der Waals surface area contributed by atoms with E-state index in [2.05, 4.69) is 33.5 Å². The van der Waals surface area contributed by atoms with Gasteiger partial charge in [-0.2, -0.15) is 0 Å². The summed E-state index contributed by atoms with van der Waals surface area (Å²) in [5, 5.41) is 3.38. The van der Waals surface area contributed by atoms with Crippen molar-refractivity contribution in [2.24, 2.45) is 0 Å². The molecule has 2 aromatic heterocycles. The van der Waals surface area contributed by atoms with Crippen molar-refractivity contribution in [3.05, 3.63) is 50.1 Å². The number of aromatic amines is 1. The maximum absolute atomic E-state index is 4.47. The van der Waals surface area contributed by atoms with E-state index in [1.807, 2.05) is 0 Å². The summed E-state index contributed by atoms with van der Waals surface area (Å²) in [6.45, 7) is 6.99. The number of hydrogen-bond donors (Lipinski definition) is 1. The van der Waals surface area contributed by atoms with Gasteiger partial charge in [-0.15, -0.1) is 0 Å². The molecule has 0 aliphatic rings. The molecule has 0 bridgehead atoms. The van der Waals surface area contributed by atoms with Gasteiger partial charge < -0.3 is 9.51 Å². The molecule has 0 aromatic carbocycles. The average Bonchev–Trinajstić information content (AvgIpc) is 2.63. The van der Waals surface area contributed by atoms with Crippen molar-refractivity contribution in [2.75, 3.05) is 0 Å². The van der Waals surface area contributed by atoms with Crippen LogP contribution in [0.25, 0.3) is 0 Å². The second-order valence-electron chi connectivity index (χ2n) is 2.04. The van der Waals surface area contributed by atoms with Crippen molar-refractivity contribution >= 4 is 0 Å². The molecule has 0 aliphatic carbocycles. The topological polar surface area (TPSA) is 54.7 Å². The van der Waals surface area contributed by atoms with Crippen LogP contribution in [0.1, 0.15) is 11.5 Å². The van der Waals surface area contributed by atoms with Gasteiger partial charge in [-0.25, -0.2) is 4.98 Å². The Kier molecular flexibility index (Phi) is 3.07. The number of nitrogens with zero attached hydrogens (tertiary/aromatic N) is 2. The molecule has 2 aromatic rings. The molecule has 0 spiro atoms. The van der Waals surface area contributed by atoms with Crippen molar-refractivity contribution in [3.8, 4) is 0 Å². The van der Waals surface area contributed by atoms with Crippen LogP contribution in [0, 0.1) is 13.8 Å². The highest BCUT2D eigenvalue weighted by atomic mass is 16.5. The molecular weight excluding hydrogens is 154 g/mol. The Labute approximate surface area is 70.6 Å². The lowest BCUT2D eigenvalue weighted by Gasteiger charge is -1.65. The fraction of sp³-hybridized carbons (Fsp3) is 0. The minimum absolute atomic E-state index is 0.606. The second-order valence-corrected chi connectivity index (χ2v) is 2.04. The molecule has 2 rings (SSSR count). The van der Waals surface area contributed by atoms with Crippen molar-refractivity contribution < 1.29 is 4.52 Å². The van der Waals surface area contributed by atoms with Crippen LogP contribution >= 0.6 is 0 Å². The molecule has 1 N–H and O–H groups in total. The van der Waals surface area contributed by atoms with E-state index >= 15 is 0 Å². The number of hydrogen-bond acceptors (Lipinski definition) is 3. The summed E-state index contributed by atoms with van der Waals surface area (Å²) in [5.41, 5.74) is 0.787. The monoisotopic (exact) mass is 163 g/mol. The Bertz CT molecular complexity index is 254. The van der Waals surface area contributed by atoms with Crippen LogP contribution in [0.2, 0.25) is 0 Å². The fourth-order valence-electron chi connectivity index (χ4n) is 0.533. The predicted octanol–water partition coefficient (Wildman–Crippen LogP) is 1.45. The first-order valence-electron chi connectivity index (χ1n) is 3.32. The molecular formula is C8H9N3O. The van der Waals surface area contributed by atoms with Gasteiger partial charge in [0.05, 0.1) is 18.2 Å². The van der Waals surface area contributed by atoms with E-state index in [1.165, 1.54) is 0 Å². The lowest BCUT2D eigenvalue weighted by atomic mass is 10.5. The van der Waals surface area contributed by atoms with Crippen LogP contribution in [0.5, 0.6) is 0 Å². The van der Waals surface area contributed by atoms with Crippen molar-refractivity contribution in [1.82, 2.24) is 15.1 Å². The summed E-state index contributed by atoms with van der Waals surface area (Å²) in [7, 11) is 0. The third-order valence-electron chi connectivity index (χ3n) is 1.05. The van der Waals surface area contributed by atoms with Gasteiger partial charge in [-0.05, 0) is 6.92 Å². The van der Waals surface area contributed by atoms with E-state index in [1.54, 1.807) is 24.8 Å². The zero-order chi connectivity index (χ0) is 8.81. The lowest BCUT2D eigenvalue weighted by Crippen LogP contribution is -1.59. The molecule has 0 atom stereocenters. The SMILES string of the molecule is [CH2]c1c[nH]cn1.[CH2]c1ccno1. The van der Waals surface area contributed by atoms with Crippen LogP contribution < -0.4 is 0 Å². The molecule has 0 unspecified atom stereocenters. The molecule has 4 nitrogen and oxygen atoms in total. The van der Waals surface area contributed by atoms with E-state index in [-0.39, 0.29) is 0 Å². The Balaban J connectivity index is 0.000000120. The highest BCUT2D eigenvalue weighted by Crippen LogP contribution is 1.88. The molecule has 12 heavy (non-hydrogen) atoms. The number of nitrogens with one attached hydrogen (secondary N) is 1. The number of H-pyrrole nitrogens is 1. The summed E-state index contributed by atoms with van der Waals surface area (Å²) < 4.78 is 4.47. The van der Waals surface area contributed by atoms with Crippen molar-refractivity contribution in [1.29, 1.82) is 0 Å². The van der Waals surface area contributed by atoms with E-state index in [0.717, 1.165) is 5.69 Å². The van der Waals surface area contributed by atoms with Gasteiger partial charge in [0.15, 0.2) is 0 Å². The Hall–Kier alpha value is -1.58. The van der Waals surface area contributed by atoms with Gasteiger partial charge >= 0.3 is 0 Å². The molecule has 62 valence electrons. The van der Waals surface area contributed by atoms with Crippen LogP contribution in [0.15, 0.2) is 29.3 Å². The van der Waals surface area contributed by atoms with Gasteiger partial charge in [0.2, 0.25) is 0 Å². The van der Waals surface area contributed by atoms with Crippen molar-refractivity contribution in [3.63, 3.8) is 0 Å². The third kappa shape index (κ3) is 3.01. The summed E-state index contributed by atoms with van der Waals surface area (Å²) in [6, 6.07) is 1.69. The Morgan fingerprint density at radius 1 is 1.42 bits per heavy atom. The molecule has 0 aliphatic heterocycles. The summed E-state index contributed by atoms with van der Waals surface area (Å²) in [5.74, 6) is 0.606. The van der Waals surface area contributed by atoms with Gasteiger partial charge in [-0.1, -0.05) is 5.16 Å². The summed E-state index contributed by atoms with van der Waals surface area (Å²) >= 11 is 0. The van der Waals surface area contributed by atoms with Crippen LogP contribution in [-0.4, -0.2) is 15.1 Å². The average molecular weight is 163 g/mol. The highest BCUT2D eigenvalue weighted by Gasteiger charge is 1.78. The van der Waals surface area contributed by atoms with Crippen LogP contribution in [0.3, 0.4) is 0 Å². The molecule has 0 amide bonds. The Morgan fingerprint density at radius 2 is 2.25 bits per heavy atom. The zero-order valence-electron chi connectivity index (χ0n) is 6.53. The molecule has 2 radical (unpaired) electrons. The zero-order valence-corrected chi connectivity index (χ0v) is 6.53. The third-order valence-corrected chi connectivity index (χ3v) is 1.05. The maximum Gasteiger partial charge on any atom is 0.137 e. The molecule has 0 saturated carbocycles. The molecule has 0 saturated heterocycles. The highest BCUT2D eigenvalue weighted by molar-refractivity contribution is 4.96. The van der Waals surface area contributed by atoms with E-state index in [4.69, 9.17) is 0 Å². The second kappa shape index (κ2) is 4.33. The molecule has 0 fully saturated rings. The van der Waals surface area contributed by atoms with Gasteiger partial charge in [0.25, 0.3) is 0 Å². The number of aromatic nitrogens is 3. The van der Waals surface area contributed by atoms with Gasteiger partial charge in [0.1, 0.15) is 5.76 Å². The van der Waals surface area contributed by atoms with Gasteiger partial charge in [-0.3, -0.25) is 0 Å². The van der Waals surface area contributed by atoms with E-state index < -0.39 is 0 Å². The number of imidazole rings is 1. The van der Waals surface area contributed by atoms with Gasteiger partial charge in [0, 0.05) is 19.2 Å².